The molecule has 1 atom stereocenters. The first-order valence-corrected chi connectivity index (χ1v) is 8.12. The van der Waals surface area contributed by atoms with Gasteiger partial charge in [0.25, 0.3) is 0 Å². The van der Waals surface area contributed by atoms with Crippen molar-refractivity contribution >= 4 is 43.3 Å². The van der Waals surface area contributed by atoms with Crippen LogP contribution in [-0.2, 0) is 0 Å². The number of thiophene rings is 1. The predicted molar refractivity (Wildman–Crippen MR) is 89.7 cm³/mol. The molecule has 0 saturated heterocycles. The summed E-state index contributed by atoms with van der Waals surface area (Å²) in [5, 5.41) is 13.0. The minimum absolute atomic E-state index is 0.00109. The summed E-state index contributed by atoms with van der Waals surface area (Å²) in [6, 6.07) is 9.89. The molecule has 4 nitrogen and oxygen atoms in total. The Morgan fingerprint density at radius 2 is 2.05 bits per heavy atom. The second-order valence-electron chi connectivity index (χ2n) is 4.78. The Balaban J connectivity index is 1.93. The molecule has 0 radical (unpaired) electrons. The molecule has 3 aromatic rings. The van der Waals surface area contributed by atoms with Gasteiger partial charge < -0.3 is 10.4 Å². The fourth-order valence-electron chi connectivity index (χ4n) is 2.13. The van der Waals surface area contributed by atoms with Crippen molar-refractivity contribution in [3.05, 3.63) is 51.6 Å². The zero-order valence-corrected chi connectivity index (χ0v) is 13.8. The van der Waals surface area contributed by atoms with Gasteiger partial charge in [0.2, 0.25) is 0 Å². The summed E-state index contributed by atoms with van der Waals surface area (Å²) < 4.78 is 1.99. The highest BCUT2D eigenvalue weighted by molar-refractivity contribution is 9.11. The molecule has 0 spiro atoms. The molecular formula is C15H14BrN3OS. The average Bonchev–Trinajstić information content (AvgIpc) is 2.87. The zero-order valence-electron chi connectivity index (χ0n) is 11.4. The van der Waals surface area contributed by atoms with E-state index in [1.807, 2.05) is 37.3 Å². The third kappa shape index (κ3) is 3.07. The van der Waals surface area contributed by atoms with Crippen molar-refractivity contribution in [3.8, 4) is 0 Å². The fourth-order valence-corrected chi connectivity index (χ4v) is 3.62. The molecule has 0 fully saturated rings. The van der Waals surface area contributed by atoms with Crippen LogP contribution in [-0.4, -0.2) is 21.7 Å². The van der Waals surface area contributed by atoms with E-state index in [9.17, 15) is 5.11 Å². The average molecular weight is 364 g/mol. The first-order chi connectivity index (χ1) is 10.2. The van der Waals surface area contributed by atoms with Crippen molar-refractivity contribution < 1.29 is 5.11 Å². The second kappa shape index (κ2) is 6.09. The molecule has 0 aliphatic rings. The number of hydrogen-bond donors (Lipinski definition) is 2. The quantitative estimate of drug-likeness (QED) is 0.737. The number of nitrogens with zero attached hydrogens (tertiary/aromatic N) is 2. The number of aryl methyl sites for hydroxylation is 1. The largest absolute Gasteiger partial charge is 0.394 e. The van der Waals surface area contributed by atoms with Gasteiger partial charge >= 0.3 is 0 Å². The van der Waals surface area contributed by atoms with Gasteiger partial charge in [-0.3, -0.25) is 0 Å². The summed E-state index contributed by atoms with van der Waals surface area (Å²) in [6.45, 7) is 2.05. The van der Waals surface area contributed by atoms with Crippen LogP contribution in [0.5, 0.6) is 0 Å². The normalized spacial score (nSPS) is 12.5. The maximum atomic E-state index is 9.68. The smallest absolute Gasteiger partial charge is 0.148 e. The molecule has 6 heteroatoms. The number of aromatic nitrogens is 2. The van der Waals surface area contributed by atoms with Crippen molar-refractivity contribution in [2.24, 2.45) is 0 Å². The number of rotatable bonds is 4. The van der Waals surface area contributed by atoms with E-state index in [4.69, 9.17) is 0 Å². The molecule has 0 amide bonds. The van der Waals surface area contributed by atoms with Gasteiger partial charge in [0.15, 0.2) is 0 Å². The van der Waals surface area contributed by atoms with Crippen LogP contribution < -0.4 is 5.32 Å². The zero-order chi connectivity index (χ0) is 14.8. The number of aliphatic hydroxyl groups excluding tert-OH is 1. The van der Waals surface area contributed by atoms with Crippen LogP contribution in [0.15, 0.2) is 40.4 Å². The Hall–Kier alpha value is -1.50. The lowest BCUT2D eigenvalue weighted by Gasteiger charge is -2.17. The van der Waals surface area contributed by atoms with E-state index in [0.29, 0.717) is 0 Å². The molecule has 108 valence electrons. The van der Waals surface area contributed by atoms with E-state index >= 15 is 0 Å². The van der Waals surface area contributed by atoms with Gasteiger partial charge in [0, 0.05) is 0 Å². The maximum Gasteiger partial charge on any atom is 0.148 e. The molecule has 2 aromatic heterocycles. The van der Waals surface area contributed by atoms with Gasteiger partial charge in [0.05, 0.1) is 26.7 Å². The molecule has 0 saturated carbocycles. The molecule has 0 bridgehead atoms. The molecule has 1 aromatic carbocycles. The van der Waals surface area contributed by atoms with Crippen molar-refractivity contribution in [3.63, 3.8) is 0 Å². The summed E-state index contributed by atoms with van der Waals surface area (Å²) in [6.07, 6.45) is 1.54. The van der Waals surface area contributed by atoms with E-state index in [2.05, 4.69) is 31.2 Å². The molecular weight excluding hydrogens is 350 g/mol. The van der Waals surface area contributed by atoms with Crippen molar-refractivity contribution in [1.82, 2.24) is 9.97 Å². The number of fused-ring (bicyclic) bond motifs is 1. The monoisotopic (exact) mass is 363 g/mol. The lowest BCUT2D eigenvalue weighted by Crippen LogP contribution is -2.15. The molecule has 3 rings (SSSR count). The Morgan fingerprint density at radius 1 is 1.29 bits per heavy atom. The van der Waals surface area contributed by atoms with Crippen LogP contribution in [0, 0.1) is 6.92 Å². The van der Waals surface area contributed by atoms with Gasteiger partial charge in [0.1, 0.15) is 12.1 Å². The molecule has 21 heavy (non-hydrogen) atoms. The van der Waals surface area contributed by atoms with Gasteiger partial charge in [-0.1, -0.05) is 29.8 Å². The third-order valence-corrected chi connectivity index (χ3v) is 4.89. The van der Waals surface area contributed by atoms with Gasteiger partial charge in [-0.05, 0) is 34.5 Å². The minimum atomic E-state index is -0.190. The second-order valence-corrected chi connectivity index (χ2v) is 7.21. The van der Waals surface area contributed by atoms with Gasteiger partial charge in [-0.25, -0.2) is 9.97 Å². The van der Waals surface area contributed by atoms with Crippen molar-refractivity contribution in [1.29, 1.82) is 0 Å². The van der Waals surface area contributed by atoms with Crippen LogP contribution in [0.2, 0.25) is 0 Å². The Morgan fingerprint density at radius 3 is 2.76 bits per heavy atom. The molecule has 0 aliphatic carbocycles. The highest BCUT2D eigenvalue weighted by atomic mass is 79.9. The lowest BCUT2D eigenvalue weighted by atomic mass is 10.1. The van der Waals surface area contributed by atoms with Crippen LogP contribution in [0.4, 0.5) is 5.82 Å². The molecule has 2 heterocycles. The van der Waals surface area contributed by atoms with Crippen molar-refractivity contribution in [2.75, 3.05) is 11.9 Å². The topological polar surface area (TPSA) is 58.0 Å². The summed E-state index contributed by atoms with van der Waals surface area (Å²) in [4.78, 5) is 8.55. The van der Waals surface area contributed by atoms with E-state index in [1.165, 1.54) is 11.9 Å². The lowest BCUT2D eigenvalue weighted by molar-refractivity contribution is 0.276. The number of halogens is 1. The highest BCUT2D eigenvalue weighted by Crippen LogP contribution is 2.33. The van der Waals surface area contributed by atoms with Crippen LogP contribution in [0.1, 0.15) is 17.2 Å². The maximum absolute atomic E-state index is 9.68. The predicted octanol–water partition coefficient (Wildman–Crippen LogP) is 3.91. The van der Waals surface area contributed by atoms with E-state index in [0.717, 1.165) is 25.4 Å². The summed E-state index contributed by atoms with van der Waals surface area (Å²) in [5.41, 5.74) is 3.12. The number of nitrogens with one attached hydrogen (secondary N) is 1. The van der Waals surface area contributed by atoms with Crippen LogP contribution >= 0.6 is 27.3 Å². The summed E-state index contributed by atoms with van der Waals surface area (Å²) in [7, 11) is 0. The first-order valence-electron chi connectivity index (χ1n) is 6.51. The highest BCUT2D eigenvalue weighted by Gasteiger charge is 2.14. The Bertz CT molecular complexity index is 757. The first kappa shape index (κ1) is 14.4. The number of benzene rings is 1. The summed E-state index contributed by atoms with van der Waals surface area (Å²) in [5.74, 6) is 0.746. The van der Waals surface area contributed by atoms with Gasteiger partial charge in [-0.2, -0.15) is 0 Å². The van der Waals surface area contributed by atoms with Crippen LogP contribution in [0.25, 0.3) is 10.2 Å². The standard InChI is InChI=1S/C15H14BrN3OS/c1-9-2-4-10(5-3-9)12(7-20)19-15-14-11(17-8-18-15)6-13(16)21-14/h2-6,8,12,20H,7H2,1H3,(H,17,18,19)/t12-/m1/s1. The molecule has 2 N–H and O–H groups in total. The Labute approximate surface area is 135 Å². The van der Waals surface area contributed by atoms with Gasteiger partial charge in [-0.15, -0.1) is 11.3 Å². The fraction of sp³-hybridized carbons (Fsp3) is 0.200. The van der Waals surface area contributed by atoms with Crippen molar-refractivity contribution in [2.45, 2.75) is 13.0 Å². The summed E-state index contributed by atoms with van der Waals surface area (Å²) >= 11 is 5.04. The number of hydrogen-bond acceptors (Lipinski definition) is 5. The SMILES string of the molecule is Cc1ccc([C@@H](CO)Nc2ncnc3cc(Br)sc23)cc1. The van der Waals surface area contributed by atoms with Crippen LogP contribution in [0.3, 0.4) is 0 Å². The van der Waals surface area contributed by atoms with E-state index < -0.39 is 0 Å². The number of anilines is 1. The Kier molecular flexibility index (Phi) is 4.19. The minimum Gasteiger partial charge on any atom is -0.394 e. The number of aliphatic hydroxyl groups is 1. The van der Waals surface area contributed by atoms with E-state index in [-0.39, 0.29) is 12.6 Å². The molecule has 0 unspecified atom stereocenters. The van der Waals surface area contributed by atoms with E-state index in [1.54, 1.807) is 11.3 Å². The third-order valence-electron chi connectivity index (χ3n) is 3.25. The molecule has 0 aliphatic heterocycles.